The lowest BCUT2D eigenvalue weighted by Gasteiger charge is -2.14. The van der Waals surface area contributed by atoms with E-state index in [1.165, 1.54) is 25.3 Å². The molecule has 0 fully saturated rings. The molecule has 0 amide bonds. The molecule has 0 radical (unpaired) electrons. The van der Waals surface area contributed by atoms with E-state index in [-0.39, 0.29) is 11.6 Å². The molecule has 5 nitrogen and oxygen atoms in total. The van der Waals surface area contributed by atoms with Crippen LogP contribution in [-0.2, 0) is 22.6 Å². The summed E-state index contributed by atoms with van der Waals surface area (Å²) in [6, 6.07) is 8.57. The van der Waals surface area contributed by atoms with Gasteiger partial charge in [0.05, 0.1) is 19.2 Å². The van der Waals surface area contributed by atoms with Crippen molar-refractivity contribution < 1.29 is 23.4 Å². The minimum Gasteiger partial charge on any atom is -0.496 e. The zero-order valence-electron chi connectivity index (χ0n) is 13.9. The number of carbonyl (C=O) groups is 1. The van der Waals surface area contributed by atoms with E-state index in [1.807, 2.05) is 12.1 Å². The summed E-state index contributed by atoms with van der Waals surface area (Å²) in [4.78, 5) is 11.5. The first kappa shape index (κ1) is 19.0. The summed E-state index contributed by atoms with van der Waals surface area (Å²) < 4.78 is 28.7. The van der Waals surface area contributed by atoms with Crippen LogP contribution in [-0.4, -0.2) is 26.2 Å². The molecule has 25 heavy (non-hydrogen) atoms. The van der Waals surface area contributed by atoms with Gasteiger partial charge in [-0.3, -0.25) is 4.79 Å². The van der Waals surface area contributed by atoms with E-state index in [4.69, 9.17) is 26.8 Å². The molecular formula is C18H19ClFNO4. The van der Waals surface area contributed by atoms with Gasteiger partial charge in [-0.05, 0) is 42.3 Å². The van der Waals surface area contributed by atoms with Gasteiger partial charge in [0.1, 0.15) is 30.0 Å². The largest absolute Gasteiger partial charge is 0.496 e. The van der Waals surface area contributed by atoms with Crippen LogP contribution in [0.4, 0.5) is 4.39 Å². The van der Waals surface area contributed by atoms with E-state index in [9.17, 15) is 9.18 Å². The second-order valence-electron chi connectivity index (χ2n) is 5.34. The minimum absolute atomic E-state index is 0.163. The third kappa shape index (κ3) is 5.08. The van der Waals surface area contributed by atoms with Crippen LogP contribution in [0.5, 0.6) is 11.5 Å². The Morgan fingerprint density at radius 1 is 1.20 bits per heavy atom. The highest BCUT2D eigenvalue weighted by molar-refractivity contribution is 6.32. The Balaban J connectivity index is 2.15. The molecule has 0 spiro atoms. The van der Waals surface area contributed by atoms with Crippen molar-refractivity contribution in [1.82, 2.24) is 0 Å². The summed E-state index contributed by atoms with van der Waals surface area (Å²) in [5.74, 6) is 0.0656. The molecule has 0 bridgehead atoms. The number of hydrogen-bond donors (Lipinski definition) is 1. The Morgan fingerprint density at radius 2 is 1.92 bits per heavy atom. The van der Waals surface area contributed by atoms with Crippen LogP contribution in [0.25, 0.3) is 0 Å². The van der Waals surface area contributed by atoms with Gasteiger partial charge in [0.25, 0.3) is 0 Å². The first-order chi connectivity index (χ1) is 11.9. The molecule has 2 rings (SSSR count). The van der Waals surface area contributed by atoms with Gasteiger partial charge in [-0.1, -0.05) is 17.7 Å². The van der Waals surface area contributed by atoms with Crippen molar-refractivity contribution in [3.63, 3.8) is 0 Å². The third-order valence-corrected chi connectivity index (χ3v) is 3.88. The lowest BCUT2D eigenvalue weighted by molar-refractivity contribution is -0.142. The van der Waals surface area contributed by atoms with Crippen molar-refractivity contribution in [1.29, 1.82) is 0 Å². The highest BCUT2D eigenvalue weighted by Crippen LogP contribution is 2.28. The fraction of sp³-hybridized carbons (Fsp3) is 0.278. The number of nitrogens with two attached hydrogens (primary N) is 1. The molecule has 0 aliphatic carbocycles. The molecular weight excluding hydrogens is 349 g/mol. The highest BCUT2D eigenvalue weighted by atomic mass is 35.5. The molecule has 0 saturated carbocycles. The number of esters is 1. The van der Waals surface area contributed by atoms with E-state index >= 15 is 0 Å². The van der Waals surface area contributed by atoms with Gasteiger partial charge in [-0.15, -0.1) is 0 Å². The van der Waals surface area contributed by atoms with Crippen molar-refractivity contribution in [2.24, 2.45) is 5.73 Å². The maximum Gasteiger partial charge on any atom is 0.322 e. The summed E-state index contributed by atoms with van der Waals surface area (Å²) in [7, 11) is 2.84. The van der Waals surface area contributed by atoms with Gasteiger partial charge in [0, 0.05) is 5.56 Å². The molecule has 2 aromatic carbocycles. The van der Waals surface area contributed by atoms with E-state index in [0.717, 1.165) is 11.1 Å². The number of rotatable bonds is 7. The SMILES string of the molecule is COC(=O)C(N)Cc1ccc(OC)c(COc2ccc(F)cc2Cl)c1. The van der Waals surface area contributed by atoms with Crippen LogP contribution in [0.2, 0.25) is 5.02 Å². The van der Waals surface area contributed by atoms with Crippen LogP contribution in [0.3, 0.4) is 0 Å². The average molecular weight is 368 g/mol. The van der Waals surface area contributed by atoms with Crippen LogP contribution in [0.15, 0.2) is 36.4 Å². The number of ether oxygens (including phenoxy) is 3. The molecule has 134 valence electrons. The highest BCUT2D eigenvalue weighted by Gasteiger charge is 2.16. The Labute approximate surface area is 150 Å². The smallest absolute Gasteiger partial charge is 0.322 e. The number of carbonyl (C=O) groups excluding carboxylic acids is 1. The molecule has 1 atom stereocenters. The van der Waals surface area contributed by atoms with Crippen LogP contribution >= 0.6 is 11.6 Å². The fourth-order valence-electron chi connectivity index (χ4n) is 2.31. The van der Waals surface area contributed by atoms with Crippen molar-refractivity contribution in [2.45, 2.75) is 19.1 Å². The van der Waals surface area contributed by atoms with E-state index in [1.54, 1.807) is 13.2 Å². The van der Waals surface area contributed by atoms with Crippen LogP contribution in [0.1, 0.15) is 11.1 Å². The lowest BCUT2D eigenvalue weighted by atomic mass is 10.0. The van der Waals surface area contributed by atoms with Crippen molar-refractivity contribution in [3.05, 3.63) is 58.4 Å². The van der Waals surface area contributed by atoms with Crippen LogP contribution < -0.4 is 15.2 Å². The number of methoxy groups -OCH3 is 2. The number of halogens is 2. The Kier molecular flexibility index (Phi) is 6.61. The molecule has 0 heterocycles. The van der Waals surface area contributed by atoms with E-state index in [0.29, 0.717) is 17.9 Å². The summed E-state index contributed by atoms with van der Waals surface area (Å²) in [6.07, 6.45) is 0.320. The molecule has 2 aromatic rings. The quantitative estimate of drug-likeness (QED) is 0.761. The first-order valence-corrected chi connectivity index (χ1v) is 7.89. The molecule has 1 unspecified atom stereocenters. The lowest BCUT2D eigenvalue weighted by Crippen LogP contribution is -2.33. The number of benzene rings is 2. The topological polar surface area (TPSA) is 70.8 Å². The predicted molar refractivity (Wildman–Crippen MR) is 92.4 cm³/mol. The van der Waals surface area contributed by atoms with Crippen LogP contribution in [0, 0.1) is 5.82 Å². The molecule has 0 aliphatic heterocycles. The second kappa shape index (κ2) is 8.69. The molecule has 0 aromatic heterocycles. The summed E-state index contributed by atoms with van der Waals surface area (Å²) in [5.41, 5.74) is 7.37. The van der Waals surface area contributed by atoms with Crippen molar-refractivity contribution >= 4 is 17.6 Å². The Hall–Kier alpha value is -2.31. The third-order valence-electron chi connectivity index (χ3n) is 3.58. The average Bonchev–Trinajstić information content (AvgIpc) is 2.60. The van der Waals surface area contributed by atoms with E-state index in [2.05, 4.69) is 4.74 Å². The first-order valence-electron chi connectivity index (χ1n) is 7.51. The van der Waals surface area contributed by atoms with Gasteiger partial charge < -0.3 is 19.9 Å². The van der Waals surface area contributed by atoms with Gasteiger partial charge in [0.2, 0.25) is 0 Å². The standard InChI is InChI=1S/C18H19ClFNO4/c1-23-16-5-3-11(8-15(21)18(22)24-2)7-12(16)10-25-17-6-4-13(20)9-14(17)19/h3-7,9,15H,8,10,21H2,1-2H3. The fourth-order valence-corrected chi connectivity index (χ4v) is 2.53. The monoisotopic (exact) mass is 367 g/mol. The zero-order chi connectivity index (χ0) is 18.4. The maximum absolute atomic E-state index is 13.1. The van der Waals surface area contributed by atoms with Gasteiger partial charge in [-0.2, -0.15) is 0 Å². The van der Waals surface area contributed by atoms with Gasteiger partial charge in [0.15, 0.2) is 0 Å². The normalized spacial score (nSPS) is 11.7. The molecule has 0 aliphatic rings. The molecule has 2 N–H and O–H groups in total. The summed E-state index contributed by atoms with van der Waals surface area (Å²) in [5, 5.41) is 0.183. The van der Waals surface area contributed by atoms with Crippen molar-refractivity contribution in [3.8, 4) is 11.5 Å². The minimum atomic E-state index is -0.751. The van der Waals surface area contributed by atoms with Gasteiger partial charge >= 0.3 is 5.97 Å². The Morgan fingerprint density at radius 3 is 2.56 bits per heavy atom. The molecule has 0 saturated heterocycles. The Bertz CT molecular complexity index is 754. The van der Waals surface area contributed by atoms with Crippen molar-refractivity contribution in [2.75, 3.05) is 14.2 Å². The predicted octanol–water partition coefficient (Wildman–Crippen LogP) is 3.11. The number of hydrogen-bond acceptors (Lipinski definition) is 5. The summed E-state index contributed by atoms with van der Waals surface area (Å²) in [6.45, 7) is 0.163. The zero-order valence-corrected chi connectivity index (χ0v) is 14.7. The summed E-state index contributed by atoms with van der Waals surface area (Å²) >= 11 is 5.96. The maximum atomic E-state index is 13.1. The van der Waals surface area contributed by atoms with Gasteiger partial charge in [-0.25, -0.2) is 4.39 Å². The van der Waals surface area contributed by atoms with E-state index < -0.39 is 17.8 Å². The molecule has 7 heteroatoms. The second-order valence-corrected chi connectivity index (χ2v) is 5.75.